The smallest absolute Gasteiger partial charge is 0.0498 e. The van der Waals surface area contributed by atoms with Gasteiger partial charge in [-0.1, -0.05) is 13.8 Å². The first kappa shape index (κ1) is 12.2. The molecule has 2 nitrogen and oxygen atoms in total. The summed E-state index contributed by atoms with van der Waals surface area (Å²) in [6.07, 6.45) is 3.94. The Bertz CT molecular complexity index is 317. The first-order chi connectivity index (χ1) is 7.17. The third-order valence-corrected chi connectivity index (χ3v) is 3.48. The average Bonchev–Trinajstić information content (AvgIpc) is 2.26. The maximum atomic E-state index is 11.2. The predicted molar refractivity (Wildman–Crippen MR) is 66.8 cm³/mol. The van der Waals surface area contributed by atoms with Crippen molar-refractivity contribution in [2.75, 3.05) is 11.6 Å². The summed E-state index contributed by atoms with van der Waals surface area (Å²) in [6, 6.07) is 8.36. The minimum Gasteiger partial charge on any atom is -0.382 e. The number of hydrogen-bond acceptors (Lipinski definition) is 2. The highest BCUT2D eigenvalue weighted by Gasteiger charge is 2.03. The summed E-state index contributed by atoms with van der Waals surface area (Å²) in [5.74, 6) is 0. The van der Waals surface area contributed by atoms with E-state index in [-0.39, 0.29) is 0 Å². The van der Waals surface area contributed by atoms with Gasteiger partial charge < -0.3 is 5.32 Å². The van der Waals surface area contributed by atoms with Crippen LogP contribution < -0.4 is 5.32 Å². The summed E-state index contributed by atoms with van der Waals surface area (Å²) in [7, 11) is -0.881. The maximum Gasteiger partial charge on any atom is 0.0498 e. The molecule has 0 heterocycles. The van der Waals surface area contributed by atoms with Crippen LogP contribution in [-0.2, 0) is 10.8 Å². The molecule has 0 saturated heterocycles. The second kappa shape index (κ2) is 5.91. The quantitative estimate of drug-likeness (QED) is 0.834. The van der Waals surface area contributed by atoms with Crippen molar-refractivity contribution in [3.63, 3.8) is 0 Å². The van der Waals surface area contributed by atoms with E-state index in [4.69, 9.17) is 0 Å². The van der Waals surface area contributed by atoms with Gasteiger partial charge in [0.25, 0.3) is 0 Å². The van der Waals surface area contributed by atoms with Crippen LogP contribution in [0.2, 0.25) is 0 Å². The first-order valence-electron chi connectivity index (χ1n) is 5.37. The van der Waals surface area contributed by atoms with Crippen LogP contribution in [0.15, 0.2) is 29.2 Å². The number of hydrogen-bond donors (Lipinski definition) is 1. The van der Waals surface area contributed by atoms with Crippen molar-refractivity contribution in [1.29, 1.82) is 0 Å². The molecule has 1 aromatic carbocycles. The van der Waals surface area contributed by atoms with E-state index in [0.717, 1.165) is 23.4 Å². The number of rotatable bonds is 5. The van der Waals surface area contributed by atoms with Crippen molar-refractivity contribution in [2.24, 2.45) is 0 Å². The molecular weight excluding hydrogens is 206 g/mol. The Morgan fingerprint density at radius 1 is 1.20 bits per heavy atom. The monoisotopic (exact) mass is 225 g/mol. The van der Waals surface area contributed by atoms with E-state index >= 15 is 0 Å². The summed E-state index contributed by atoms with van der Waals surface area (Å²) in [4.78, 5) is 0.880. The zero-order valence-corrected chi connectivity index (χ0v) is 10.4. The Hall–Kier alpha value is -0.830. The summed E-state index contributed by atoms with van der Waals surface area (Å²) >= 11 is 0. The molecule has 0 fully saturated rings. The van der Waals surface area contributed by atoms with Crippen molar-refractivity contribution in [3.05, 3.63) is 24.3 Å². The van der Waals surface area contributed by atoms with Crippen molar-refractivity contribution >= 4 is 16.5 Å². The van der Waals surface area contributed by atoms with E-state index in [0.29, 0.717) is 6.04 Å². The van der Waals surface area contributed by atoms with Gasteiger partial charge in [-0.05, 0) is 37.1 Å². The molecule has 1 atom stereocenters. The fraction of sp³-hybridized carbons (Fsp3) is 0.500. The minimum absolute atomic E-state index is 0.531. The highest BCUT2D eigenvalue weighted by molar-refractivity contribution is 7.84. The van der Waals surface area contributed by atoms with Gasteiger partial charge in [-0.2, -0.15) is 0 Å². The predicted octanol–water partition coefficient (Wildman–Crippen LogP) is 3.02. The van der Waals surface area contributed by atoms with Gasteiger partial charge in [0.15, 0.2) is 0 Å². The van der Waals surface area contributed by atoms with Gasteiger partial charge in [0.05, 0.1) is 0 Å². The molecule has 3 heteroatoms. The average molecular weight is 225 g/mol. The fourth-order valence-electron chi connectivity index (χ4n) is 1.47. The molecule has 0 bridgehead atoms. The standard InChI is InChI=1S/C12H19NOS/c1-4-10(5-2)13-11-6-8-12(9-7-11)15(3)14/h6-10,13H,4-5H2,1-3H3/t15-/m1/s1. The Morgan fingerprint density at radius 2 is 1.73 bits per heavy atom. The van der Waals surface area contributed by atoms with Gasteiger partial charge in [0.1, 0.15) is 0 Å². The van der Waals surface area contributed by atoms with Crippen LogP contribution in [0.4, 0.5) is 5.69 Å². The molecule has 15 heavy (non-hydrogen) atoms. The lowest BCUT2D eigenvalue weighted by Gasteiger charge is -2.16. The van der Waals surface area contributed by atoms with Crippen molar-refractivity contribution in [1.82, 2.24) is 0 Å². The Labute approximate surface area is 94.5 Å². The van der Waals surface area contributed by atoms with Crippen LogP contribution in [0.1, 0.15) is 26.7 Å². The molecule has 0 aliphatic rings. The van der Waals surface area contributed by atoms with Crippen molar-refractivity contribution < 1.29 is 4.21 Å². The zero-order valence-electron chi connectivity index (χ0n) is 9.62. The maximum absolute atomic E-state index is 11.2. The molecule has 0 aromatic heterocycles. The van der Waals surface area contributed by atoms with E-state index in [9.17, 15) is 4.21 Å². The molecule has 84 valence electrons. The van der Waals surface area contributed by atoms with Gasteiger partial charge in [0.2, 0.25) is 0 Å². The molecular formula is C12H19NOS. The Morgan fingerprint density at radius 3 is 2.13 bits per heavy atom. The van der Waals surface area contributed by atoms with Crippen molar-refractivity contribution in [2.45, 2.75) is 37.6 Å². The lowest BCUT2D eigenvalue weighted by molar-refractivity contribution is 0.671. The summed E-state index contributed by atoms with van der Waals surface area (Å²) in [5.41, 5.74) is 1.11. The number of nitrogens with one attached hydrogen (secondary N) is 1. The summed E-state index contributed by atoms with van der Waals surface area (Å²) in [5, 5.41) is 3.45. The lowest BCUT2D eigenvalue weighted by Crippen LogP contribution is -2.16. The molecule has 0 aliphatic carbocycles. The SMILES string of the molecule is CCC(CC)Nc1ccc([S@@](C)=O)cc1. The van der Waals surface area contributed by atoms with Crippen LogP contribution in [0, 0.1) is 0 Å². The van der Waals surface area contributed by atoms with E-state index in [1.807, 2.05) is 24.3 Å². The Balaban J connectivity index is 2.67. The van der Waals surface area contributed by atoms with Crippen molar-refractivity contribution in [3.8, 4) is 0 Å². The van der Waals surface area contributed by atoms with Gasteiger partial charge in [-0.3, -0.25) is 4.21 Å². The normalized spacial score (nSPS) is 12.8. The van der Waals surface area contributed by atoms with Gasteiger partial charge in [0, 0.05) is 33.7 Å². The molecule has 0 aliphatic heterocycles. The second-order valence-corrected chi connectivity index (χ2v) is 5.02. The number of anilines is 1. The minimum atomic E-state index is -0.881. The highest BCUT2D eigenvalue weighted by atomic mass is 32.2. The van der Waals surface area contributed by atoms with Gasteiger partial charge in [-0.25, -0.2) is 0 Å². The second-order valence-electron chi connectivity index (χ2n) is 3.64. The highest BCUT2D eigenvalue weighted by Crippen LogP contribution is 2.14. The third kappa shape index (κ3) is 3.67. The van der Waals surface area contributed by atoms with E-state index in [1.165, 1.54) is 0 Å². The van der Waals surface area contributed by atoms with Crippen LogP contribution in [-0.4, -0.2) is 16.5 Å². The van der Waals surface area contributed by atoms with Crippen LogP contribution in [0.25, 0.3) is 0 Å². The van der Waals surface area contributed by atoms with Gasteiger partial charge in [-0.15, -0.1) is 0 Å². The first-order valence-corrected chi connectivity index (χ1v) is 6.93. The Kier molecular flexibility index (Phi) is 4.82. The molecule has 0 amide bonds. The summed E-state index contributed by atoms with van der Waals surface area (Å²) in [6.45, 7) is 4.35. The molecule has 0 saturated carbocycles. The largest absolute Gasteiger partial charge is 0.382 e. The zero-order chi connectivity index (χ0) is 11.3. The molecule has 0 unspecified atom stereocenters. The molecule has 1 aromatic rings. The summed E-state index contributed by atoms with van der Waals surface area (Å²) < 4.78 is 11.2. The van der Waals surface area contributed by atoms with Crippen LogP contribution in [0.3, 0.4) is 0 Å². The topological polar surface area (TPSA) is 29.1 Å². The van der Waals surface area contributed by atoms with Crippen LogP contribution >= 0.6 is 0 Å². The third-order valence-electron chi connectivity index (χ3n) is 2.54. The van der Waals surface area contributed by atoms with E-state index in [2.05, 4.69) is 19.2 Å². The molecule has 0 spiro atoms. The lowest BCUT2D eigenvalue weighted by atomic mass is 10.1. The van der Waals surface area contributed by atoms with Crippen LogP contribution in [0.5, 0.6) is 0 Å². The molecule has 0 radical (unpaired) electrons. The van der Waals surface area contributed by atoms with Gasteiger partial charge >= 0.3 is 0 Å². The fourth-order valence-corrected chi connectivity index (χ4v) is 1.99. The van der Waals surface area contributed by atoms with E-state index < -0.39 is 10.8 Å². The van der Waals surface area contributed by atoms with E-state index in [1.54, 1.807) is 6.26 Å². The number of benzene rings is 1. The molecule has 1 rings (SSSR count). The molecule has 1 N–H and O–H groups in total.